The highest BCUT2D eigenvalue weighted by molar-refractivity contribution is 7.92. The lowest BCUT2D eigenvalue weighted by Gasteiger charge is -2.10. The van der Waals surface area contributed by atoms with Crippen LogP contribution in [0.1, 0.15) is 16.8 Å². The average molecular weight is 384 g/mol. The molecule has 0 saturated heterocycles. The number of hydrogen-bond donors (Lipinski definition) is 2. The summed E-state index contributed by atoms with van der Waals surface area (Å²) in [5.74, 6) is -2.68. The summed E-state index contributed by atoms with van der Waals surface area (Å²) in [7, 11) is -2.52. The lowest BCUT2D eigenvalue weighted by Crippen LogP contribution is -2.25. The van der Waals surface area contributed by atoms with E-state index in [0.717, 1.165) is 18.2 Å². The zero-order valence-electron chi connectivity index (χ0n) is 14.0. The van der Waals surface area contributed by atoms with E-state index in [0.29, 0.717) is 19.6 Å². The fraction of sp³-hybridized carbons (Fsp3) is 0.235. The Bertz CT molecular complexity index is 888. The standard InChI is InChI=1S/C17H18F2N2O4S/c1-25-9-3-8-20-17(22)12-4-2-5-14(10-12)26(23,24)21-13-6-7-15(18)16(19)11-13/h2,4-7,10-11,21H,3,8-9H2,1H3,(H,20,22). The van der Waals surface area contributed by atoms with E-state index in [1.165, 1.54) is 24.3 Å². The molecule has 1 amide bonds. The molecule has 0 unspecified atom stereocenters. The first-order valence-electron chi connectivity index (χ1n) is 7.68. The second-order valence-corrected chi connectivity index (χ2v) is 7.05. The number of sulfonamides is 1. The van der Waals surface area contributed by atoms with Crippen molar-refractivity contribution in [3.05, 3.63) is 59.7 Å². The zero-order valence-corrected chi connectivity index (χ0v) is 14.8. The molecule has 0 atom stereocenters. The monoisotopic (exact) mass is 384 g/mol. The van der Waals surface area contributed by atoms with Crippen molar-refractivity contribution in [2.75, 3.05) is 25.0 Å². The number of rotatable bonds is 8. The van der Waals surface area contributed by atoms with E-state index < -0.39 is 27.6 Å². The van der Waals surface area contributed by atoms with Gasteiger partial charge in [-0.1, -0.05) is 6.07 Å². The number of benzene rings is 2. The molecule has 6 nitrogen and oxygen atoms in total. The van der Waals surface area contributed by atoms with Crippen LogP contribution in [-0.2, 0) is 14.8 Å². The van der Waals surface area contributed by atoms with Crippen LogP contribution in [0.15, 0.2) is 47.4 Å². The van der Waals surface area contributed by atoms with Crippen LogP contribution < -0.4 is 10.0 Å². The highest BCUT2D eigenvalue weighted by atomic mass is 32.2. The van der Waals surface area contributed by atoms with Crippen LogP contribution in [-0.4, -0.2) is 34.6 Å². The third kappa shape index (κ3) is 5.24. The minimum absolute atomic E-state index is 0.127. The number of methoxy groups -OCH3 is 1. The first-order valence-corrected chi connectivity index (χ1v) is 9.17. The number of halogens is 2. The van der Waals surface area contributed by atoms with Crippen LogP contribution in [0.25, 0.3) is 0 Å². The van der Waals surface area contributed by atoms with Gasteiger partial charge in [-0.15, -0.1) is 0 Å². The van der Waals surface area contributed by atoms with Gasteiger partial charge in [0.15, 0.2) is 11.6 Å². The SMILES string of the molecule is COCCCNC(=O)c1cccc(S(=O)(=O)Nc2ccc(F)c(F)c2)c1. The quantitative estimate of drug-likeness (QED) is 0.685. The number of carbonyl (C=O) groups is 1. The van der Waals surface area contributed by atoms with Crippen LogP contribution in [0.3, 0.4) is 0 Å². The Morgan fingerprint density at radius 3 is 2.58 bits per heavy atom. The van der Waals surface area contributed by atoms with E-state index in [9.17, 15) is 22.0 Å². The van der Waals surface area contributed by atoms with E-state index in [-0.39, 0.29) is 16.1 Å². The summed E-state index contributed by atoms with van der Waals surface area (Å²) in [6.45, 7) is 0.879. The van der Waals surface area contributed by atoms with Crippen LogP contribution in [0.5, 0.6) is 0 Å². The number of nitrogens with one attached hydrogen (secondary N) is 2. The Hall–Kier alpha value is -2.52. The molecule has 0 heterocycles. The van der Waals surface area contributed by atoms with Crippen LogP contribution >= 0.6 is 0 Å². The van der Waals surface area contributed by atoms with E-state index in [1.807, 2.05) is 0 Å². The van der Waals surface area contributed by atoms with Gasteiger partial charge in [-0.3, -0.25) is 9.52 Å². The Morgan fingerprint density at radius 2 is 1.88 bits per heavy atom. The normalized spacial score (nSPS) is 11.2. The van der Waals surface area contributed by atoms with Gasteiger partial charge in [0.2, 0.25) is 0 Å². The molecule has 2 N–H and O–H groups in total. The van der Waals surface area contributed by atoms with Crippen molar-refractivity contribution in [3.8, 4) is 0 Å². The first kappa shape index (κ1) is 19.8. The molecule has 0 radical (unpaired) electrons. The summed E-state index contributed by atoms with van der Waals surface area (Å²) in [4.78, 5) is 11.9. The van der Waals surface area contributed by atoms with Gasteiger partial charge >= 0.3 is 0 Å². The van der Waals surface area contributed by atoms with Crippen LogP contribution in [0.2, 0.25) is 0 Å². The van der Waals surface area contributed by atoms with Crippen molar-refractivity contribution < 1.29 is 26.7 Å². The molecule has 2 rings (SSSR count). The second-order valence-electron chi connectivity index (χ2n) is 5.36. The van der Waals surface area contributed by atoms with E-state index in [4.69, 9.17) is 4.74 Å². The Morgan fingerprint density at radius 1 is 1.12 bits per heavy atom. The first-order chi connectivity index (χ1) is 12.3. The molecule has 0 fully saturated rings. The molecular weight excluding hydrogens is 366 g/mol. The van der Waals surface area contributed by atoms with E-state index >= 15 is 0 Å². The molecule has 0 saturated carbocycles. The van der Waals surface area contributed by atoms with Gasteiger partial charge in [-0.25, -0.2) is 17.2 Å². The lowest BCUT2D eigenvalue weighted by atomic mass is 10.2. The number of carbonyl (C=O) groups excluding carboxylic acids is 1. The molecule has 26 heavy (non-hydrogen) atoms. The summed E-state index contributed by atoms with van der Waals surface area (Å²) in [6.07, 6.45) is 0.623. The van der Waals surface area contributed by atoms with E-state index in [1.54, 1.807) is 7.11 Å². The molecule has 2 aromatic rings. The number of ether oxygens (including phenoxy) is 1. The second kappa shape index (κ2) is 8.72. The summed E-state index contributed by atoms with van der Waals surface area (Å²) < 4.78 is 58.0. The fourth-order valence-corrected chi connectivity index (χ4v) is 3.19. The molecular formula is C17H18F2N2O4S. The fourth-order valence-electron chi connectivity index (χ4n) is 2.10. The summed E-state index contributed by atoms with van der Waals surface area (Å²) >= 11 is 0. The Labute approximate surface area is 150 Å². The minimum Gasteiger partial charge on any atom is -0.385 e. The van der Waals surface area contributed by atoms with Crippen molar-refractivity contribution in [3.63, 3.8) is 0 Å². The number of amides is 1. The molecule has 140 valence electrons. The molecule has 0 aromatic heterocycles. The average Bonchev–Trinajstić information content (AvgIpc) is 2.61. The number of hydrogen-bond acceptors (Lipinski definition) is 4. The van der Waals surface area contributed by atoms with Gasteiger partial charge in [-0.2, -0.15) is 0 Å². The minimum atomic E-state index is -4.07. The molecule has 0 aliphatic heterocycles. The molecule has 9 heteroatoms. The van der Waals surface area contributed by atoms with Gasteiger partial charge in [0.05, 0.1) is 10.6 Å². The summed E-state index contributed by atoms with van der Waals surface area (Å²) in [5, 5.41) is 2.65. The maximum absolute atomic E-state index is 13.2. The smallest absolute Gasteiger partial charge is 0.261 e. The molecule has 0 spiro atoms. The molecule has 0 bridgehead atoms. The lowest BCUT2D eigenvalue weighted by molar-refractivity contribution is 0.0948. The van der Waals surface area contributed by atoms with Crippen molar-refractivity contribution in [2.45, 2.75) is 11.3 Å². The third-order valence-corrected chi connectivity index (χ3v) is 4.77. The number of anilines is 1. The third-order valence-electron chi connectivity index (χ3n) is 3.39. The predicted molar refractivity (Wildman–Crippen MR) is 92.4 cm³/mol. The Balaban J connectivity index is 2.14. The Kier molecular flexibility index (Phi) is 6.64. The molecule has 2 aromatic carbocycles. The zero-order chi connectivity index (χ0) is 19.2. The van der Waals surface area contributed by atoms with Gasteiger partial charge in [0.25, 0.3) is 15.9 Å². The maximum Gasteiger partial charge on any atom is 0.261 e. The van der Waals surface area contributed by atoms with Gasteiger partial charge in [-0.05, 0) is 36.8 Å². The van der Waals surface area contributed by atoms with Crippen molar-refractivity contribution >= 4 is 21.6 Å². The summed E-state index contributed by atoms with van der Waals surface area (Å²) in [6, 6.07) is 8.04. The predicted octanol–water partition coefficient (Wildman–Crippen LogP) is 2.53. The van der Waals surface area contributed by atoms with Gasteiger partial charge < -0.3 is 10.1 Å². The van der Waals surface area contributed by atoms with Crippen molar-refractivity contribution in [2.24, 2.45) is 0 Å². The molecule has 0 aliphatic rings. The van der Waals surface area contributed by atoms with Crippen molar-refractivity contribution in [1.82, 2.24) is 5.32 Å². The summed E-state index contributed by atoms with van der Waals surface area (Å²) in [5.41, 5.74) is 0.0360. The van der Waals surface area contributed by atoms with Crippen LogP contribution in [0.4, 0.5) is 14.5 Å². The van der Waals surface area contributed by atoms with Gasteiger partial charge in [0, 0.05) is 31.9 Å². The largest absolute Gasteiger partial charge is 0.385 e. The van der Waals surface area contributed by atoms with E-state index in [2.05, 4.69) is 10.0 Å². The maximum atomic E-state index is 13.2. The van der Waals surface area contributed by atoms with Gasteiger partial charge in [0.1, 0.15) is 0 Å². The highest BCUT2D eigenvalue weighted by Crippen LogP contribution is 2.19. The highest BCUT2D eigenvalue weighted by Gasteiger charge is 2.17. The topological polar surface area (TPSA) is 84.5 Å². The molecule has 0 aliphatic carbocycles. The van der Waals surface area contributed by atoms with Crippen LogP contribution in [0, 0.1) is 11.6 Å². The van der Waals surface area contributed by atoms with Crippen molar-refractivity contribution in [1.29, 1.82) is 0 Å².